The molecule has 0 saturated carbocycles. The molecule has 2 N–H and O–H groups in total. The number of pyridine rings is 1. The lowest BCUT2D eigenvalue weighted by atomic mass is 10.1. The van der Waals surface area contributed by atoms with Crippen LogP contribution >= 0.6 is 11.3 Å². The molecule has 2 aromatic heterocycles. The number of rotatable bonds is 5. The second-order valence-electron chi connectivity index (χ2n) is 4.67. The monoisotopic (exact) mass is 297 g/mol. The first-order valence-electron chi connectivity index (χ1n) is 6.68. The maximum Gasteiger partial charge on any atom is 0.238 e. The molecule has 4 nitrogen and oxygen atoms in total. The van der Waals surface area contributed by atoms with Gasteiger partial charge in [-0.2, -0.15) is 0 Å². The summed E-state index contributed by atoms with van der Waals surface area (Å²) >= 11 is 1.68. The zero-order valence-corrected chi connectivity index (χ0v) is 12.2. The van der Waals surface area contributed by atoms with E-state index in [2.05, 4.69) is 15.6 Å². The number of anilines is 1. The van der Waals surface area contributed by atoms with Gasteiger partial charge in [-0.3, -0.25) is 9.78 Å². The maximum atomic E-state index is 11.9. The van der Waals surface area contributed by atoms with Crippen molar-refractivity contribution >= 4 is 33.7 Å². The van der Waals surface area contributed by atoms with E-state index >= 15 is 0 Å². The van der Waals surface area contributed by atoms with Crippen molar-refractivity contribution in [2.45, 2.75) is 6.54 Å². The maximum absolute atomic E-state index is 11.9. The van der Waals surface area contributed by atoms with Gasteiger partial charge in [0.05, 0.1) is 6.54 Å². The molecular formula is C16H15N3OS. The molecule has 0 aliphatic carbocycles. The van der Waals surface area contributed by atoms with E-state index in [4.69, 9.17) is 0 Å². The number of carbonyl (C=O) groups excluding carboxylic acids is 1. The Bertz CT molecular complexity index is 740. The Hall–Kier alpha value is -2.24. The standard InChI is InChI=1S/C16H15N3OS/c20-16(11-18-10-15-2-1-7-21-15)19-14-4-3-13-9-17-6-5-12(13)8-14/h1-9,18H,10-11H2,(H,19,20). The van der Waals surface area contributed by atoms with Crippen molar-refractivity contribution < 1.29 is 4.79 Å². The Labute approximate surface area is 126 Å². The molecule has 0 bridgehead atoms. The molecule has 0 fully saturated rings. The lowest BCUT2D eigenvalue weighted by Crippen LogP contribution is -2.27. The first kappa shape index (κ1) is 13.7. The third-order valence-electron chi connectivity index (χ3n) is 3.09. The number of benzene rings is 1. The zero-order chi connectivity index (χ0) is 14.5. The van der Waals surface area contributed by atoms with E-state index in [9.17, 15) is 4.79 Å². The van der Waals surface area contributed by atoms with Crippen LogP contribution in [0.2, 0.25) is 0 Å². The molecule has 0 saturated heterocycles. The third-order valence-corrected chi connectivity index (χ3v) is 3.97. The van der Waals surface area contributed by atoms with Crippen molar-refractivity contribution in [1.82, 2.24) is 10.3 Å². The van der Waals surface area contributed by atoms with Gasteiger partial charge in [0, 0.05) is 34.9 Å². The van der Waals surface area contributed by atoms with Gasteiger partial charge in [-0.1, -0.05) is 12.1 Å². The lowest BCUT2D eigenvalue weighted by Gasteiger charge is -2.07. The van der Waals surface area contributed by atoms with E-state index in [0.29, 0.717) is 13.1 Å². The van der Waals surface area contributed by atoms with Crippen LogP contribution < -0.4 is 10.6 Å². The van der Waals surface area contributed by atoms with Gasteiger partial charge in [0.25, 0.3) is 0 Å². The summed E-state index contributed by atoms with van der Waals surface area (Å²) in [6.45, 7) is 1.01. The first-order chi connectivity index (χ1) is 10.3. The van der Waals surface area contributed by atoms with Crippen LogP contribution in [0, 0.1) is 0 Å². The van der Waals surface area contributed by atoms with E-state index < -0.39 is 0 Å². The minimum atomic E-state index is -0.0417. The molecule has 106 valence electrons. The van der Waals surface area contributed by atoms with Crippen LogP contribution in [0.4, 0.5) is 5.69 Å². The number of amides is 1. The van der Waals surface area contributed by atoms with E-state index in [1.807, 2.05) is 48.0 Å². The Balaban J connectivity index is 1.55. The van der Waals surface area contributed by atoms with Gasteiger partial charge in [0.15, 0.2) is 0 Å². The molecule has 0 aliphatic rings. The summed E-state index contributed by atoms with van der Waals surface area (Å²) in [5.41, 5.74) is 0.802. The van der Waals surface area contributed by atoms with Gasteiger partial charge >= 0.3 is 0 Å². The molecular weight excluding hydrogens is 282 g/mol. The summed E-state index contributed by atoms with van der Waals surface area (Å²) in [6, 6.07) is 11.8. The number of hydrogen-bond donors (Lipinski definition) is 2. The Kier molecular flexibility index (Phi) is 4.23. The van der Waals surface area contributed by atoms with Crippen LogP contribution in [0.5, 0.6) is 0 Å². The molecule has 0 radical (unpaired) electrons. The molecule has 21 heavy (non-hydrogen) atoms. The summed E-state index contributed by atoms with van der Waals surface area (Å²) in [5.74, 6) is -0.0417. The fraction of sp³-hybridized carbons (Fsp3) is 0.125. The van der Waals surface area contributed by atoms with Crippen LogP contribution in [0.1, 0.15) is 4.88 Å². The number of nitrogens with one attached hydrogen (secondary N) is 2. The third kappa shape index (κ3) is 3.65. The highest BCUT2D eigenvalue weighted by Gasteiger charge is 2.03. The number of hydrogen-bond acceptors (Lipinski definition) is 4. The molecule has 0 atom stereocenters. The van der Waals surface area contributed by atoms with Crippen LogP contribution in [0.15, 0.2) is 54.2 Å². The van der Waals surface area contributed by atoms with Crippen molar-refractivity contribution in [3.8, 4) is 0 Å². The molecule has 0 aliphatic heterocycles. The molecule has 0 spiro atoms. The van der Waals surface area contributed by atoms with Gasteiger partial charge in [0.2, 0.25) is 5.91 Å². The first-order valence-corrected chi connectivity index (χ1v) is 7.56. The summed E-state index contributed by atoms with van der Waals surface area (Å²) in [4.78, 5) is 17.2. The van der Waals surface area contributed by atoms with E-state index in [1.165, 1.54) is 4.88 Å². The Morgan fingerprint density at radius 3 is 3.00 bits per heavy atom. The topological polar surface area (TPSA) is 54.0 Å². The number of aromatic nitrogens is 1. The second kappa shape index (κ2) is 6.47. The molecule has 3 aromatic rings. The van der Waals surface area contributed by atoms with Crippen molar-refractivity contribution in [2.75, 3.05) is 11.9 Å². The predicted molar refractivity (Wildman–Crippen MR) is 86.4 cm³/mol. The number of thiophene rings is 1. The van der Waals surface area contributed by atoms with Crippen molar-refractivity contribution in [1.29, 1.82) is 0 Å². The summed E-state index contributed by atoms with van der Waals surface area (Å²) in [6.07, 6.45) is 3.56. The predicted octanol–water partition coefficient (Wildman–Crippen LogP) is 3.02. The molecule has 3 rings (SSSR count). The molecule has 1 amide bonds. The van der Waals surface area contributed by atoms with Crippen molar-refractivity contribution in [2.24, 2.45) is 0 Å². The zero-order valence-electron chi connectivity index (χ0n) is 11.4. The highest BCUT2D eigenvalue weighted by molar-refractivity contribution is 7.09. The van der Waals surface area contributed by atoms with Gasteiger partial charge in [-0.15, -0.1) is 11.3 Å². The fourth-order valence-electron chi connectivity index (χ4n) is 2.08. The normalized spacial score (nSPS) is 10.7. The highest BCUT2D eigenvalue weighted by Crippen LogP contribution is 2.17. The van der Waals surface area contributed by atoms with E-state index in [1.54, 1.807) is 17.5 Å². The number of carbonyl (C=O) groups is 1. The van der Waals surface area contributed by atoms with Crippen LogP contribution in [0.25, 0.3) is 10.8 Å². The van der Waals surface area contributed by atoms with Crippen LogP contribution in [-0.4, -0.2) is 17.4 Å². The summed E-state index contributed by atoms with van der Waals surface area (Å²) in [7, 11) is 0. The quantitative estimate of drug-likeness (QED) is 0.761. The van der Waals surface area contributed by atoms with Crippen molar-refractivity contribution in [3.63, 3.8) is 0 Å². The number of nitrogens with zero attached hydrogens (tertiary/aromatic N) is 1. The average Bonchev–Trinajstić information content (AvgIpc) is 3.00. The van der Waals surface area contributed by atoms with Gasteiger partial charge in [-0.05, 0) is 35.0 Å². The van der Waals surface area contributed by atoms with Crippen LogP contribution in [0.3, 0.4) is 0 Å². The average molecular weight is 297 g/mol. The van der Waals surface area contributed by atoms with E-state index in [0.717, 1.165) is 16.5 Å². The number of fused-ring (bicyclic) bond motifs is 1. The molecule has 2 heterocycles. The van der Waals surface area contributed by atoms with Gasteiger partial charge in [0.1, 0.15) is 0 Å². The SMILES string of the molecule is O=C(CNCc1cccs1)Nc1ccc2cnccc2c1. The Morgan fingerprint density at radius 2 is 2.14 bits per heavy atom. The summed E-state index contributed by atoms with van der Waals surface area (Å²) < 4.78 is 0. The van der Waals surface area contributed by atoms with Gasteiger partial charge < -0.3 is 10.6 Å². The second-order valence-corrected chi connectivity index (χ2v) is 5.70. The van der Waals surface area contributed by atoms with Crippen LogP contribution in [-0.2, 0) is 11.3 Å². The smallest absolute Gasteiger partial charge is 0.238 e. The summed E-state index contributed by atoms with van der Waals surface area (Å²) in [5, 5.41) is 10.2. The highest BCUT2D eigenvalue weighted by atomic mass is 32.1. The van der Waals surface area contributed by atoms with E-state index in [-0.39, 0.29) is 5.91 Å². The Morgan fingerprint density at radius 1 is 1.19 bits per heavy atom. The van der Waals surface area contributed by atoms with Gasteiger partial charge in [-0.25, -0.2) is 0 Å². The molecule has 5 heteroatoms. The lowest BCUT2D eigenvalue weighted by molar-refractivity contribution is -0.115. The largest absolute Gasteiger partial charge is 0.325 e. The molecule has 1 aromatic carbocycles. The molecule has 0 unspecified atom stereocenters. The van der Waals surface area contributed by atoms with Crippen molar-refractivity contribution in [3.05, 3.63) is 59.0 Å². The minimum Gasteiger partial charge on any atom is -0.325 e. The fourth-order valence-corrected chi connectivity index (χ4v) is 2.75. The minimum absolute atomic E-state index is 0.0417.